The Labute approximate surface area is 115 Å². The van der Waals surface area contributed by atoms with Crippen molar-refractivity contribution in [3.63, 3.8) is 0 Å². The summed E-state index contributed by atoms with van der Waals surface area (Å²) in [6, 6.07) is 1.04. The maximum absolute atomic E-state index is 14.0. The number of nitrogens with zero attached hydrogens (tertiary/aromatic N) is 1. The average Bonchev–Trinajstić information content (AvgIpc) is 2.36. The minimum absolute atomic E-state index is 0.0882. The van der Waals surface area contributed by atoms with Crippen LogP contribution in [0.3, 0.4) is 0 Å². The van der Waals surface area contributed by atoms with Gasteiger partial charge in [0.2, 0.25) is 0 Å². The molecule has 112 valence electrons. The molecule has 1 heterocycles. The van der Waals surface area contributed by atoms with Crippen LogP contribution in [0.2, 0.25) is 0 Å². The summed E-state index contributed by atoms with van der Waals surface area (Å²) in [5.74, 6) is -0.860. The topological polar surface area (TPSA) is 101 Å². The van der Waals surface area contributed by atoms with Crippen molar-refractivity contribution in [1.29, 1.82) is 0 Å². The molecule has 0 saturated carbocycles. The van der Waals surface area contributed by atoms with Crippen molar-refractivity contribution in [2.24, 2.45) is 5.73 Å². The maximum atomic E-state index is 14.0. The summed E-state index contributed by atoms with van der Waals surface area (Å²) >= 11 is 0. The van der Waals surface area contributed by atoms with E-state index in [1.807, 2.05) is 0 Å². The smallest absolute Gasteiger partial charge is 0.404 e. The SMILES string of the molecule is CCOP(=O)(OCC)c1ncc(COC(N)=O)cc1F. The molecular formula is C11H16FN2O5P. The van der Waals surface area contributed by atoms with Crippen LogP contribution < -0.4 is 11.2 Å². The van der Waals surface area contributed by atoms with E-state index in [0.717, 1.165) is 6.07 Å². The third kappa shape index (κ3) is 4.26. The number of amides is 1. The van der Waals surface area contributed by atoms with E-state index in [1.165, 1.54) is 6.20 Å². The molecule has 0 aliphatic carbocycles. The Morgan fingerprint density at radius 3 is 2.45 bits per heavy atom. The van der Waals surface area contributed by atoms with Crippen LogP contribution in [0, 0.1) is 5.82 Å². The first-order valence-corrected chi connectivity index (χ1v) is 7.43. The molecule has 0 aliphatic heterocycles. The summed E-state index contributed by atoms with van der Waals surface area (Å²) in [5, 5.41) is 0. The zero-order valence-electron chi connectivity index (χ0n) is 11.2. The molecule has 1 aromatic rings. The van der Waals surface area contributed by atoms with E-state index in [-0.39, 0.29) is 25.4 Å². The highest BCUT2D eigenvalue weighted by Crippen LogP contribution is 2.46. The van der Waals surface area contributed by atoms with E-state index in [2.05, 4.69) is 9.72 Å². The van der Waals surface area contributed by atoms with Crippen LogP contribution in [0.4, 0.5) is 9.18 Å². The second kappa shape index (κ2) is 7.33. The van der Waals surface area contributed by atoms with Gasteiger partial charge in [0, 0.05) is 11.8 Å². The van der Waals surface area contributed by atoms with Gasteiger partial charge in [-0.25, -0.2) is 14.2 Å². The number of rotatable bonds is 7. The Hall–Kier alpha value is -1.50. The number of carbonyl (C=O) groups is 1. The molecule has 0 radical (unpaired) electrons. The van der Waals surface area contributed by atoms with Crippen molar-refractivity contribution in [1.82, 2.24) is 4.98 Å². The van der Waals surface area contributed by atoms with Gasteiger partial charge in [-0.15, -0.1) is 0 Å². The maximum Gasteiger partial charge on any atom is 0.404 e. The fourth-order valence-electron chi connectivity index (χ4n) is 1.40. The lowest BCUT2D eigenvalue weighted by Gasteiger charge is -2.16. The van der Waals surface area contributed by atoms with E-state index in [0.29, 0.717) is 0 Å². The Morgan fingerprint density at radius 2 is 2.00 bits per heavy atom. The van der Waals surface area contributed by atoms with Gasteiger partial charge in [-0.3, -0.25) is 4.57 Å². The Kier molecular flexibility index (Phi) is 6.06. The van der Waals surface area contributed by atoms with Gasteiger partial charge in [-0.05, 0) is 19.9 Å². The normalized spacial score (nSPS) is 11.3. The first-order valence-electron chi connectivity index (χ1n) is 5.89. The van der Waals surface area contributed by atoms with Crippen molar-refractivity contribution in [2.45, 2.75) is 20.5 Å². The van der Waals surface area contributed by atoms with Gasteiger partial charge in [0.25, 0.3) is 0 Å². The van der Waals surface area contributed by atoms with Crippen LogP contribution in [0.1, 0.15) is 19.4 Å². The highest BCUT2D eigenvalue weighted by atomic mass is 31.2. The number of aromatic nitrogens is 1. The molecule has 1 aromatic heterocycles. The summed E-state index contributed by atoms with van der Waals surface area (Å²) in [5.41, 5.74) is 4.67. The number of halogens is 1. The molecule has 0 atom stereocenters. The first-order chi connectivity index (χ1) is 9.42. The Balaban J connectivity index is 3.01. The molecule has 0 spiro atoms. The molecule has 2 N–H and O–H groups in total. The minimum Gasteiger partial charge on any atom is -0.445 e. The number of primary amides is 1. The van der Waals surface area contributed by atoms with Crippen molar-refractivity contribution in [2.75, 3.05) is 13.2 Å². The van der Waals surface area contributed by atoms with Crippen molar-refractivity contribution < 1.29 is 27.5 Å². The van der Waals surface area contributed by atoms with E-state index < -0.39 is 24.9 Å². The average molecular weight is 306 g/mol. The number of hydrogen-bond acceptors (Lipinski definition) is 6. The second-order valence-corrected chi connectivity index (χ2v) is 5.52. The van der Waals surface area contributed by atoms with Crippen molar-refractivity contribution in [3.05, 3.63) is 23.6 Å². The van der Waals surface area contributed by atoms with Crippen LogP contribution >= 0.6 is 7.60 Å². The van der Waals surface area contributed by atoms with Gasteiger partial charge in [0.1, 0.15) is 6.61 Å². The van der Waals surface area contributed by atoms with E-state index in [4.69, 9.17) is 14.8 Å². The largest absolute Gasteiger partial charge is 0.445 e. The van der Waals surface area contributed by atoms with Gasteiger partial charge in [-0.2, -0.15) is 0 Å². The number of carbonyl (C=O) groups excluding carboxylic acids is 1. The molecule has 20 heavy (non-hydrogen) atoms. The summed E-state index contributed by atoms with van der Waals surface area (Å²) < 4.78 is 40.8. The van der Waals surface area contributed by atoms with Gasteiger partial charge in [0.15, 0.2) is 11.3 Å². The fourth-order valence-corrected chi connectivity index (χ4v) is 2.93. The first kappa shape index (κ1) is 16.6. The summed E-state index contributed by atoms with van der Waals surface area (Å²) in [6.07, 6.45) is 0.232. The molecule has 0 unspecified atom stereocenters. The predicted molar refractivity (Wildman–Crippen MR) is 69.1 cm³/mol. The van der Waals surface area contributed by atoms with Crippen LogP contribution in [0.15, 0.2) is 12.3 Å². The quantitative estimate of drug-likeness (QED) is 0.770. The molecule has 1 amide bonds. The van der Waals surface area contributed by atoms with Crippen LogP contribution in [0.5, 0.6) is 0 Å². The third-order valence-electron chi connectivity index (χ3n) is 2.12. The zero-order valence-corrected chi connectivity index (χ0v) is 12.1. The van der Waals surface area contributed by atoms with E-state index >= 15 is 0 Å². The highest BCUT2D eigenvalue weighted by molar-refractivity contribution is 7.61. The highest BCUT2D eigenvalue weighted by Gasteiger charge is 2.32. The van der Waals surface area contributed by atoms with Crippen LogP contribution in [-0.2, 0) is 25.0 Å². The third-order valence-corrected chi connectivity index (χ3v) is 4.16. The van der Waals surface area contributed by atoms with Crippen molar-refractivity contribution in [3.8, 4) is 0 Å². The molecule has 9 heteroatoms. The van der Waals surface area contributed by atoms with Gasteiger partial charge in [0.05, 0.1) is 13.2 Å². The predicted octanol–water partition coefficient (Wildman–Crippen LogP) is 1.71. The number of ether oxygens (including phenoxy) is 1. The standard InChI is InChI=1S/C11H16FN2O5P/c1-3-18-20(16,19-4-2)10-9(12)5-8(6-14-10)7-17-11(13)15/h5-6H,3-4,7H2,1-2H3,(H2,13,15). The monoisotopic (exact) mass is 306 g/mol. The van der Waals surface area contributed by atoms with E-state index in [9.17, 15) is 13.8 Å². The lowest BCUT2D eigenvalue weighted by atomic mass is 10.3. The van der Waals surface area contributed by atoms with Crippen molar-refractivity contribution >= 4 is 19.1 Å². The number of pyridine rings is 1. The summed E-state index contributed by atoms with van der Waals surface area (Å²) in [6.45, 7) is 3.17. The van der Waals surface area contributed by atoms with Gasteiger partial charge in [-0.1, -0.05) is 0 Å². The molecule has 0 aliphatic rings. The molecule has 0 bridgehead atoms. The molecular weight excluding hydrogens is 290 g/mol. The lowest BCUT2D eigenvalue weighted by Crippen LogP contribution is -2.19. The summed E-state index contributed by atoms with van der Waals surface area (Å²) in [4.78, 5) is 14.2. The molecule has 7 nitrogen and oxygen atoms in total. The Bertz CT molecular complexity index is 516. The van der Waals surface area contributed by atoms with Gasteiger partial charge < -0.3 is 19.5 Å². The van der Waals surface area contributed by atoms with Crippen LogP contribution in [0.25, 0.3) is 0 Å². The minimum atomic E-state index is -3.79. The number of hydrogen-bond donors (Lipinski definition) is 1. The lowest BCUT2D eigenvalue weighted by molar-refractivity contribution is 0.150. The molecule has 0 fully saturated rings. The second-order valence-electron chi connectivity index (χ2n) is 3.59. The molecule has 1 rings (SSSR count). The fraction of sp³-hybridized carbons (Fsp3) is 0.455. The van der Waals surface area contributed by atoms with E-state index in [1.54, 1.807) is 13.8 Å². The molecule has 0 aromatic carbocycles. The molecule has 0 saturated heterocycles. The number of nitrogens with two attached hydrogens (primary N) is 1. The zero-order chi connectivity index (χ0) is 15.2. The van der Waals surface area contributed by atoms with Crippen LogP contribution in [-0.4, -0.2) is 24.3 Å². The summed E-state index contributed by atoms with van der Waals surface area (Å²) in [7, 11) is -3.79. The Morgan fingerprint density at radius 1 is 1.40 bits per heavy atom. The van der Waals surface area contributed by atoms with Gasteiger partial charge >= 0.3 is 13.7 Å².